The van der Waals surface area contributed by atoms with Gasteiger partial charge >= 0.3 is 5.95 Å². The SMILES string of the molecule is O=[N+]([O-])c1nccn1[C@@H]1O[C@H](C[125I])[C@@H](O)[C@@H]1O. The summed E-state index contributed by atoms with van der Waals surface area (Å²) in [6.07, 6.45) is -1.20. The predicted octanol–water partition coefficient (Wildman–Crippen LogP) is -0.155. The zero-order valence-corrected chi connectivity index (χ0v) is 10.7. The minimum Gasteiger partial charge on any atom is -0.390 e. The van der Waals surface area contributed by atoms with Crippen LogP contribution in [0.25, 0.3) is 0 Å². The average molecular weight is 353 g/mol. The molecular formula is C8H10IN3O5. The van der Waals surface area contributed by atoms with Gasteiger partial charge in [-0.15, -0.1) is 0 Å². The Kier molecular flexibility index (Phi) is 3.61. The van der Waals surface area contributed by atoms with Gasteiger partial charge in [0, 0.05) is 4.43 Å². The van der Waals surface area contributed by atoms with Crippen molar-refractivity contribution in [1.82, 2.24) is 9.55 Å². The molecule has 1 aliphatic heterocycles. The van der Waals surface area contributed by atoms with Gasteiger partial charge in [0.2, 0.25) is 6.23 Å². The largest absolute Gasteiger partial charge is 0.436 e. The van der Waals surface area contributed by atoms with Gasteiger partial charge in [-0.3, -0.25) is 0 Å². The van der Waals surface area contributed by atoms with Gasteiger partial charge in [-0.25, -0.2) is 0 Å². The van der Waals surface area contributed by atoms with E-state index in [0.29, 0.717) is 4.43 Å². The van der Waals surface area contributed by atoms with Crippen LogP contribution in [0.15, 0.2) is 12.4 Å². The molecule has 0 bridgehead atoms. The fraction of sp³-hybridized carbons (Fsp3) is 0.625. The van der Waals surface area contributed by atoms with Gasteiger partial charge in [-0.05, 0) is 4.92 Å². The van der Waals surface area contributed by atoms with Crippen molar-refractivity contribution in [1.29, 1.82) is 0 Å². The highest BCUT2D eigenvalue weighted by Gasteiger charge is 2.46. The van der Waals surface area contributed by atoms with Gasteiger partial charge < -0.3 is 25.1 Å². The van der Waals surface area contributed by atoms with Gasteiger partial charge in [-0.1, -0.05) is 27.6 Å². The highest BCUT2D eigenvalue weighted by molar-refractivity contribution is 14.1. The van der Waals surface area contributed by atoms with Gasteiger partial charge in [-0.2, -0.15) is 4.57 Å². The number of rotatable bonds is 3. The second-order valence-corrected chi connectivity index (χ2v) is 4.47. The van der Waals surface area contributed by atoms with E-state index in [-0.39, 0.29) is 0 Å². The number of alkyl halides is 1. The number of hydrogen-bond acceptors (Lipinski definition) is 6. The Bertz CT molecular complexity index is 425. The molecule has 1 fully saturated rings. The highest BCUT2D eigenvalue weighted by Crippen LogP contribution is 2.32. The summed E-state index contributed by atoms with van der Waals surface area (Å²) in [5.41, 5.74) is 0. The van der Waals surface area contributed by atoms with Crippen molar-refractivity contribution in [2.45, 2.75) is 24.5 Å². The van der Waals surface area contributed by atoms with Crippen molar-refractivity contribution in [2.24, 2.45) is 0 Å². The molecule has 0 spiro atoms. The Morgan fingerprint density at radius 1 is 1.59 bits per heavy atom. The first-order chi connectivity index (χ1) is 8.06. The van der Waals surface area contributed by atoms with Gasteiger partial charge in [0.05, 0.1) is 6.10 Å². The molecule has 17 heavy (non-hydrogen) atoms. The number of nitrogens with zero attached hydrogens (tertiary/aromatic N) is 3. The maximum Gasteiger partial charge on any atom is 0.436 e. The number of aliphatic hydroxyl groups is 2. The number of halogens is 1. The monoisotopic (exact) mass is 353 g/mol. The molecule has 2 N–H and O–H groups in total. The van der Waals surface area contributed by atoms with Crippen LogP contribution in [0.2, 0.25) is 0 Å². The Hall–Kier alpha value is -0.780. The molecule has 0 unspecified atom stereocenters. The van der Waals surface area contributed by atoms with Crippen LogP contribution < -0.4 is 0 Å². The first-order valence-corrected chi connectivity index (χ1v) is 6.33. The molecular weight excluding hydrogens is 343 g/mol. The second-order valence-electron chi connectivity index (χ2n) is 3.59. The van der Waals surface area contributed by atoms with E-state index in [4.69, 9.17) is 4.74 Å². The minimum atomic E-state index is -1.21. The zero-order valence-electron chi connectivity index (χ0n) is 8.51. The van der Waals surface area contributed by atoms with E-state index in [1.807, 2.05) is 22.6 Å². The maximum atomic E-state index is 10.7. The highest BCUT2D eigenvalue weighted by atomic mass is 125. The number of ether oxygens (including phenoxy) is 1. The molecule has 0 amide bonds. The first-order valence-electron chi connectivity index (χ1n) is 4.81. The van der Waals surface area contributed by atoms with E-state index in [1.165, 1.54) is 12.4 Å². The smallest absolute Gasteiger partial charge is 0.390 e. The molecule has 4 atom stereocenters. The zero-order chi connectivity index (χ0) is 12.6. The van der Waals surface area contributed by atoms with Crippen LogP contribution in [0.5, 0.6) is 0 Å². The molecule has 94 valence electrons. The normalized spacial score (nSPS) is 32.9. The number of hydrogen-bond donors (Lipinski definition) is 2. The van der Waals surface area contributed by atoms with Crippen molar-refractivity contribution in [2.75, 3.05) is 4.43 Å². The number of aliphatic hydroxyl groups excluding tert-OH is 2. The maximum absolute atomic E-state index is 10.7. The number of imidazole rings is 1. The van der Waals surface area contributed by atoms with Gasteiger partial charge in [0.25, 0.3) is 0 Å². The summed E-state index contributed by atoms with van der Waals surface area (Å²) >= 11 is 2.01. The molecule has 1 aromatic heterocycles. The molecule has 1 aromatic rings. The Labute approximate surface area is 110 Å². The summed E-state index contributed by atoms with van der Waals surface area (Å²) in [6.45, 7) is 0. The third kappa shape index (κ3) is 2.14. The molecule has 0 saturated carbocycles. The van der Waals surface area contributed by atoms with Crippen molar-refractivity contribution < 1.29 is 19.9 Å². The molecule has 1 aliphatic rings. The third-order valence-corrected chi connectivity index (χ3v) is 3.44. The van der Waals surface area contributed by atoms with Gasteiger partial charge in [0.1, 0.15) is 24.6 Å². The number of nitro groups is 1. The van der Waals surface area contributed by atoms with Crippen LogP contribution in [0.4, 0.5) is 5.95 Å². The lowest BCUT2D eigenvalue weighted by atomic mass is 10.1. The molecule has 2 rings (SSSR count). The van der Waals surface area contributed by atoms with Crippen LogP contribution in [0, 0.1) is 10.1 Å². The van der Waals surface area contributed by atoms with E-state index in [1.54, 1.807) is 0 Å². The van der Waals surface area contributed by atoms with Crippen molar-refractivity contribution in [3.8, 4) is 0 Å². The summed E-state index contributed by atoms with van der Waals surface area (Å²) in [4.78, 5) is 13.6. The summed E-state index contributed by atoms with van der Waals surface area (Å²) in [7, 11) is 0. The van der Waals surface area contributed by atoms with E-state index >= 15 is 0 Å². The third-order valence-electron chi connectivity index (χ3n) is 2.57. The quantitative estimate of drug-likeness (QED) is 0.338. The molecule has 0 aliphatic carbocycles. The average Bonchev–Trinajstić information content (AvgIpc) is 2.86. The predicted molar refractivity (Wildman–Crippen MR) is 63.7 cm³/mol. The summed E-state index contributed by atoms with van der Waals surface area (Å²) < 4.78 is 6.97. The van der Waals surface area contributed by atoms with Crippen molar-refractivity contribution in [3.63, 3.8) is 0 Å². The molecule has 1 saturated heterocycles. The van der Waals surface area contributed by atoms with Gasteiger partial charge in [0.15, 0.2) is 0 Å². The molecule has 0 aromatic carbocycles. The summed E-state index contributed by atoms with van der Waals surface area (Å²) in [5, 5.41) is 30.2. The van der Waals surface area contributed by atoms with E-state index in [9.17, 15) is 20.3 Å². The van der Waals surface area contributed by atoms with Crippen molar-refractivity contribution >= 4 is 28.5 Å². The topological polar surface area (TPSA) is 111 Å². The van der Waals surface area contributed by atoms with Crippen molar-refractivity contribution in [3.05, 3.63) is 22.5 Å². The lowest BCUT2D eigenvalue weighted by molar-refractivity contribution is -0.398. The van der Waals surface area contributed by atoms with E-state index in [0.717, 1.165) is 4.57 Å². The Morgan fingerprint density at radius 3 is 2.82 bits per heavy atom. The van der Waals surface area contributed by atoms with E-state index < -0.39 is 35.4 Å². The van der Waals surface area contributed by atoms with Crippen LogP contribution in [0.1, 0.15) is 6.23 Å². The van der Waals surface area contributed by atoms with Crippen LogP contribution in [-0.2, 0) is 4.74 Å². The lowest BCUT2D eigenvalue weighted by Gasteiger charge is -2.13. The summed E-state index contributed by atoms with van der Waals surface area (Å²) in [5.74, 6) is -0.421. The molecule has 0 radical (unpaired) electrons. The fourth-order valence-corrected chi connectivity index (χ4v) is 2.46. The van der Waals surface area contributed by atoms with E-state index in [2.05, 4.69) is 4.98 Å². The lowest BCUT2D eigenvalue weighted by Crippen LogP contribution is -2.32. The standard InChI is InChI=1S/C8H10IN3O5/c9-3-4-5(13)6(14)7(17-4)11-2-1-10-8(11)12(15)16/h1-2,4-7,13-14H,3H2/t4-,5-,6+,7-/m1/s1/i9-2. The van der Waals surface area contributed by atoms with Crippen LogP contribution in [-0.4, -0.2) is 47.4 Å². The molecule has 9 heteroatoms. The Balaban J connectivity index is 2.29. The Morgan fingerprint density at radius 2 is 2.29 bits per heavy atom. The first kappa shape index (κ1) is 12.7. The molecule has 2 heterocycles. The minimum absolute atomic E-state index is 0.421. The number of aromatic nitrogens is 2. The van der Waals surface area contributed by atoms with Crippen LogP contribution in [0.3, 0.4) is 0 Å². The molecule has 8 nitrogen and oxygen atoms in total. The fourth-order valence-electron chi connectivity index (χ4n) is 1.73. The summed E-state index contributed by atoms with van der Waals surface area (Å²) in [6, 6.07) is 0. The second kappa shape index (κ2) is 4.84. The van der Waals surface area contributed by atoms with Crippen LogP contribution >= 0.6 is 22.6 Å².